The van der Waals surface area contributed by atoms with Gasteiger partial charge in [0.2, 0.25) is 0 Å². The van der Waals surface area contributed by atoms with Crippen LogP contribution in [-0.4, -0.2) is 26.2 Å². The average molecular weight is 330 g/mol. The van der Waals surface area contributed by atoms with E-state index < -0.39 is 11.9 Å². The molecule has 0 saturated carbocycles. The molecule has 0 unspecified atom stereocenters. The van der Waals surface area contributed by atoms with E-state index >= 15 is 0 Å². The highest BCUT2D eigenvalue weighted by Gasteiger charge is 2.23. The topological polar surface area (TPSA) is 52.6 Å². The van der Waals surface area contributed by atoms with Crippen LogP contribution in [0.25, 0.3) is 0 Å². The van der Waals surface area contributed by atoms with Crippen LogP contribution >= 0.6 is 11.8 Å². The summed E-state index contributed by atoms with van der Waals surface area (Å²) in [4.78, 5) is 25.2. The Kier molecular flexibility index (Phi) is 5.82. The number of methoxy groups -OCH3 is 2. The molecule has 0 fully saturated rings. The lowest BCUT2D eigenvalue weighted by Gasteiger charge is -2.13. The first kappa shape index (κ1) is 17.1. The zero-order valence-electron chi connectivity index (χ0n) is 13.3. The maximum atomic E-state index is 12.2. The van der Waals surface area contributed by atoms with E-state index in [4.69, 9.17) is 9.47 Å². The number of carbonyl (C=O) groups excluding carboxylic acids is 2. The molecule has 0 N–H and O–H groups in total. The monoisotopic (exact) mass is 330 g/mol. The molecular weight excluding hydrogens is 312 g/mol. The fourth-order valence-corrected chi connectivity index (χ4v) is 3.17. The molecule has 4 nitrogen and oxygen atoms in total. The highest BCUT2D eigenvalue weighted by molar-refractivity contribution is 7.98. The van der Waals surface area contributed by atoms with Crippen molar-refractivity contribution in [3.63, 3.8) is 0 Å². The van der Waals surface area contributed by atoms with E-state index in [2.05, 4.69) is 0 Å². The maximum absolute atomic E-state index is 12.2. The molecule has 23 heavy (non-hydrogen) atoms. The van der Waals surface area contributed by atoms with Crippen molar-refractivity contribution in [1.29, 1.82) is 0 Å². The first-order valence-electron chi connectivity index (χ1n) is 7.04. The van der Waals surface area contributed by atoms with Crippen LogP contribution in [0.1, 0.15) is 31.8 Å². The van der Waals surface area contributed by atoms with E-state index in [0.29, 0.717) is 5.75 Å². The first-order valence-corrected chi connectivity index (χ1v) is 8.03. The quantitative estimate of drug-likeness (QED) is 0.615. The van der Waals surface area contributed by atoms with Crippen LogP contribution in [0, 0.1) is 6.92 Å². The van der Waals surface area contributed by atoms with Crippen LogP contribution in [0.3, 0.4) is 0 Å². The Bertz CT molecular complexity index is 710. The molecule has 0 aliphatic rings. The van der Waals surface area contributed by atoms with Crippen LogP contribution in [0.2, 0.25) is 0 Å². The Morgan fingerprint density at radius 2 is 1.65 bits per heavy atom. The largest absolute Gasteiger partial charge is 0.465 e. The second kappa shape index (κ2) is 7.83. The fourth-order valence-electron chi connectivity index (χ4n) is 2.27. The predicted octanol–water partition coefficient (Wildman–Crippen LogP) is 3.86. The lowest BCUT2D eigenvalue weighted by Crippen LogP contribution is -2.15. The van der Waals surface area contributed by atoms with Gasteiger partial charge in [-0.25, -0.2) is 9.59 Å². The van der Waals surface area contributed by atoms with E-state index in [9.17, 15) is 9.59 Å². The number of aryl methyl sites for hydroxylation is 1. The van der Waals surface area contributed by atoms with Gasteiger partial charge in [0.25, 0.3) is 0 Å². The van der Waals surface area contributed by atoms with Gasteiger partial charge in [-0.2, -0.15) is 0 Å². The summed E-state index contributed by atoms with van der Waals surface area (Å²) in [7, 11) is 2.60. The second-order valence-corrected chi connectivity index (χ2v) is 5.98. The van der Waals surface area contributed by atoms with Gasteiger partial charge in [0.1, 0.15) is 0 Å². The molecular formula is C18H18O4S. The van der Waals surface area contributed by atoms with Gasteiger partial charge in [0, 0.05) is 10.6 Å². The predicted molar refractivity (Wildman–Crippen MR) is 89.9 cm³/mol. The van der Waals surface area contributed by atoms with Gasteiger partial charge < -0.3 is 9.47 Å². The minimum atomic E-state index is -0.542. The van der Waals surface area contributed by atoms with Crippen molar-refractivity contribution >= 4 is 23.7 Å². The fraction of sp³-hybridized carbons (Fsp3) is 0.222. The van der Waals surface area contributed by atoms with Crippen LogP contribution in [0.15, 0.2) is 47.4 Å². The highest BCUT2D eigenvalue weighted by atomic mass is 32.2. The van der Waals surface area contributed by atoms with Gasteiger partial charge in [-0.1, -0.05) is 24.3 Å². The third kappa shape index (κ3) is 4.13. The summed E-state index contributed by atoms with van der Waals surface area (Å²) in [6.45, 7) is 1.88. The summed E-state index contributed by atoms with van der Waals surface area (Å²) in [6.07, 6.45) is 0. The number of thioether (sulfide) groups is 1. The molecule has 0 bridgehead atoms. The first-order chi connectivity index (χ1) is 11.1. The number of esters is 2. The molecule has 5 heteroatoms. The molecule has 0 amide bonds. The van der Waals surface area contributed by atoms with Crippen molar-refractivity contribution in [2.45, 2.75) is 17.6 Å². The molecule has 0 radical (unpaired) electrons. The number of benzene rings is 2. The Labute approximate surface area is 139 Å². The van der Waals surface area contributed by atoms with Crippen molar-refractivity contribution < 1.29 is 19.1 Å². The molecule has 0 spiro atoms. The van der Waals surface area contributed by atoms with Crippen molar-refractivity contribution in [2.24, 2.45) is 0 Å². The van der Waals surface area contributed by atoms with Gasteiger partial charge in [-0.15, -0.1) is 11.8 Å². The van der Waals surface area contributed by atoms with Crippen molar-refractivity contribution in [2.75, 3.05) is 14.2 Å². The molecule has 0 aliphatic heterocycles. The van der Waals surface area contributed by atoms with Crippen LogP contribution in [-0.2, 0) is 15.2 Å². The van der Waals surface area contributed by atoms with E-state index in [1.807, 2.05) is 43.3 Å². The summed E-state index contributed by atoms with van der Waals surface area (Å²) in [5.74, 6) is -0.519. The van der Waals surface area contributed by atoms with Gasteiger partial charge in [-0.3, -0.25) is 0 Å². The minimum absolute atomic E-state index is 0.239. The average Bonchev–Trinajstić information content (AvgIpc) is 2.58. The molecule has 0 saturated heterocycles. The van der Waals surface area contributed by atoms with Crippen LogP contribution < -0.4 is 0 Å². The Morgan fingerprint density at radius 3 is 2.26 bits per heavy atom. The Morgan fingerprint density at radius 1 is 1.00 bits per heavy atom. The van der Waals surface area contributed by atoms with Crippen molar-refractivity contribution in [3.8, 4) is 0 Å². The maximum Gasteiger partial charge on any atom is 0.339 e. The van der Waals surface area contributed by atoms with Gasteiger partial charge in [-0.05, 0) is 36.2 Å². The zero-order chi connectivity index (χ0) is 16.8. The van der Waals surface area contributed by atoms with E-state index in [1.54, 1.807) is 17.8 Å². The van der Waals surface area contributed by atoms with Gasteiger partial charge in [0.15, 0.2) is 0 Å². The zero-order valence-corrected chi connectivity index (χ0v) is 14.1. The number of hydrogen-bond acceptors (Lipinski definition) is 5. The molecule has 0 heterocycles. The van der Waals surface area contributed by atoms with E-state index in [-0.39, 0.29) is 11.1 Å². The standard InChI is InChI=1S/C18H18O4S/c1-12-9-13(11-23-14-7-5-4-6-8-14)16(18(20)22-3)15(10-12)17(19)21-2/h4-10H,11H2,1-3H3. The molecule has 2 aromatic rings. The molecule has 120 valence electrons. The van der Waals surface area contributed by atoms with E-state index in [0.717, 1.165) is 16.0 Å². The lowest BCUT2D eigenvalue weighted by atomic mass is 9.99. The summed E-state index contributed by atoms with van der Waals surface area (Å²) in [5, 5.41) is 0. The molecule has 0 aromatic heterocycles. The van der Waals surface area contributed by atoms with Crippen molar-refractivity contribution in [3.05, 3.63) is 64.7 Å². The summed E-state index contributed by atoms with van der Waals surface area (Å²) in [5.41, 5.74) is 2.16. The summed E-state index contributed by atoms with van der Waals surface area (Å²) >= 11 is 1.59. The highest BCUT2D eigenvalue weighted by Crippen LogP contribution is 2.27. The third-order valence-electron chi connectivity index (χ3n) is 3.30. The van der Waals surface area contributed by atoms with Crippen LogP contribution in [0.4, 0.5) is 0 Å². The molecule has 2 aromatic carbocycles. The van der Waals surface area contributed by atoms with Gasteiger partial charge >= 0.3 is 11.9 Å². The minimum Gasteiger partial charge on any atom is -0.465 e. The van der Waals surface area contributed by atoms with Crippen LogP contribution in [0.5, 0.6) is 0 Å². The SMILES string of the molecule is COC(=O)c1cc(C)cc(CSc2ccccc2)c1C(=O)OC. The van der Waals surface area contributed by atoms with E-state index in [1.165, 1.54) is 14.2 Å². The molecule has 2 rings (SSSR count). The molecule has 0 atom stereocenters. The summed E-state index contributed by atoms with van der Waals surface area (Å²) in [6, 6.07) is 13.4. The smallest absolute Gasteiger partial charge is 0.339 e. The third-order valence-corrected chi connectivity index (χ3v) is 4.36. The summed E-state index contributed by atoms with van der Waals surface area (Å²) < 4.78 is 9.64. The van der Waals surface area contributed by atoms with Gasteiger partial charge in [0.05, 0.1) is 25.3 Å². The number of rotatable bonds is 5. The number of hydrogen-bond donors (Lipinski definition) is 0. The Hall–Kier alpha value is -2.27. The molecule has 0 aliphatic carbocycles. The Balaban J connectivity index is 2.42. The second-order valence-electron chi connectivity index (χ2n) is 4.93. The normalized spacial score (nSPS) is 10.2. The lowest BCUT2D eigenvalue weighted by molar-refractivity contribution is 0.0554. The van der Waals surface area contributed by atoms with Crippen molar-refractivity contribution in [1.82, 2.24) is 0 Å². The number of carbonyl (C=O) groups is 2. The number of ether oxygens (including phenoxy) is 2.